The Hall–Kier alpha value is -2.88. The molecular weight excluding hydrogens is 532 g/mol. The van der Waals surface area contributed by atoms with Crippen LogP contribution in [0.25, 0.3) is 6.08 Å². The molecule has 1 amide bonds. The highest BCUT2D eigenvalue weighted by Gasteiger charge is 2.15. The van der Waals surface area contributed by atoms with Gasteiger partial charge in [-0.05, 0) is 80.6 Å². The summed E-state index contributed by atoms with van der Waals surface area (Å²) < 4.78 is 7.42. The molecule has 162 valence electrons. The Bertz CT molecular complexity index is 1140. The molecule has 0 unspecified atom stereocenters. The molecule has 0 aromatic heterocycles. The minimum absolute atomic E-state index is 0.0277. The number of rotatable bonds is 7. The minimum Gasteiger partial charge on any atom is -0.487 e. The van der Waals surface area contributed by atoms with Gasteiger partial charge < -0.3 is 10.1 Å². The SMILES string of the molecule is Cc1ccc(COc2c(Br)cc(/C=C(/C#N)C(=O)N[C@@H](C)c3ccccc3)cc2Br)cc1. The summed E-state index contributed by atoms with van der Waals surface area (Å²) in [5, 5.41) is 12.4. The van der Waals surface area contributed by atoms with E-state index >= 15 is 0 Å². The van der Waals surface area contributed by atoms with Gasteiger partial charge in [-0.3, -0.25) is 4.79 Å². The zero-order chi connectivity index (χ0) is 23.1. The number of hydrogen-bond donors (Lipinski definition) is 1. The van der Waals surface area contributed by atoms with E-state index in [4.69, 9.17) is 4.74 Å². The van der Waals surface area contributed by atoms with Crippen LogP contribution in [0.15, 0.2) is 81.2 Å². The molecule has 0 radical (unpaired) electrons. The van der Waals surface area contributed by atoms with E-state index in [1.165, 1.54) is 5.56 Å². The third kappa shape index (κ3) is 6.32. The molecule has 4 nitrogen and oxygen atoms in total. The van der Waals surface area contributed by atoms with E-state index < -0.39 is 5.91 Å². The lowest BCUT2D eigenvalue weighted by atomic mass is 10.1. The van der Waals surface area contributed by atoms with Crippen LogP contribution in [0.4, 0.5) is 0 Å². The molecule has 0 bridgehead atoms. The molecule has 0 aliphatic heterocycles. The average Bonchev–Trinajstić information content (AvgIpc) is 2.78. The summed E-state index contributed by atoms with van der Waals surface area (Å²) in [6.07, 6.45) is 1.56. The lowest BCUT2D eigenvalue weighted by Gasteiger charge is -2.14. The summed E-state index contributed by atoms with van der Waals surface area (Å²) >= 11 is 7.07. The van der Waals surface area contributed by atoms with E-state index in [2.05, 4.69) is 37.2 Å². The standard InChI is InChI=1S/C26H22Br2N2O2/c1-17-8-10-19(11-9-17)16-32-25-23(27)13-20(14-24(25)28)12-22(15-29)26(31)30-18(2)21-6-4-3-5-7-21/h3-14,18H,16H2,1-2H3,(H,30,31)/b22-12-/t18-/m0/s1. The van der Waals surface area contributed by atoms with Crippen LogP contribution in [0.1, 0.15) is 35.2 Å². The molecule has 0 saturated heterocycles. The Morgan fingerprint density at radius 2 is 1.72 bits per heavy atom. The average molecular weight is 554 g/mol. The molecular formula is C26H22Br2N2O2. The fraction of sp³-hybridized carbons (Fsp3) is 0.154. The zero-order valence-corrected chi connectivity index (χ0v) is 20.9. The van der Waals surface area contributed by atoms with Gasteiger partial charge in [-0.25, -0.2) is 0 Å². The number of ether oxygens (including phenoxy) is 1. The predicted molar refractivity (Wildman–Crippen MR) is 134 cm³/mol. The first-order valence-corrected chi connectivity index (χ1v) is 11.6. The first kappa shape index (κ1) is 23.8. The number of halogens is 2. The van der Waals surface area contributed by atoms with E-state index in [1.54, 1.807) is 6.08 Å². The molecule has 0 heterocycles. The van der Waals surface area contributed by atoms with Crippen molar-refractivity contribution in [2.24, 2.45) is 0 Å². The largest absolute Gasteiger partial charge is 0.487 e. The predicted octanol–water partition coefficient (Wildman–Crippen LogP) is 6.88. The third-order valence-electron chi connectivity index (χ3n) is 4.85. The number of aryl methyl sites for hydroxylation is 1. The van der Waals surface area contributed by atoms with Crippen LogP contribution in [-0.4, -0.2) is 5.91 Å². The Balaban J connectivity index is 1.74. The summed E-state index contributed by atoms with van der Waals surface area (Å²) in [6.45, 7) is 4.35. The number of nitrogens with zero attached hydrogens (tertiary/aromatic N) is 1. The number of benzene rings is 3. The molecule has 1 N–H and O–H groups in total. The van der Waals surface area contributed by atoms with Crippen molar-refractivity contribution in [3.63, 3.8) is 0 Å². The lowest BCUT2D eigenvalue weighted by molar-refractivity contribution is -0.117. The monoisotopic (exact) mass is 552 g/mol. The summed E-state index contributed by atoms with van der Waals surface area (Å²) in [5.41, 5.74) is 3.96. The normalized spacial score (nSPS) is 12.0. The topological polar surface area (TPSA) is 62.1 Å². The second kappa shape index (κ2) is 11.1. The zero-order valence-electron chi connectivity index (χ0n) is 17.7. The number of carbonyl (C=O) groups excluding carboxylic acids is 1. The second-order valence-electron chi connectivity index (χ2n) is 7.36. The highest BCUT2D eigenvalue weighted by molar-refractivity contribution is 9.11. The molecule has 1 atom stereocenters. The minimum atomic E-state index is -0.421. The van der Waals surface area contributed by atoms with Gasteiger partial charge in [-0.1, -0.05) is 60.2 Å². The van der Waals surface area contributed by atoms with Crippen LogP contribution in [0.2, 0.25) is 0 Å². The lowest BCUT2D eigenvalue weighted by Crippen LogP contribution is -2.27. The first-order valence-electron chi connectivity index (χ1n) is 10.0. The Labute approximate surface area is 205 Å². The van der Waals surface area contributed by atoms with Crippen LogP contribution in [0.3, 0.4) is 0 Å². The molecule has 0 fully saturated rings. The molecule has 0 spiro atoms. The number of carbonyl (C=O) groups is 1. The number of hydrogen-bond acceptors (Lipinski definition) is 3. The Morgan fingerprint density at radius 1 is 1.09 bits per heavy atom. The summed E-state index contributed by atoms with van der Waals surface area (Å²) in [4.78, 5) is 12.6. The van der Waals surface area contributed by atoms with Gasteiger partial charge in [0.05, 0.1) is 15.0 Å². The molecule has 3 aromatic rings. The maximum atomic E-state index is 12.6. The summed E-state index contributed by atoms with van der Waals surface area (Å²) in [6, 6.07) is 23.2. The first-order chi connectivity index (χ1) is 15.4. The number of nitrogens with one attached hydrogen (secondary N) is 1. The van der Waals surface area contributed by atoms with E-state index in [0.29, 0.717) is 17.9 Å². The van der Waals surface area contributed by atoms with Crippen LogP contribution in [-0.2, 0) is 11.4 Å². The summed E-state index contributed by atoms with van der Waals surface area (Å²) in [7, 11) is 0. The van der Waals surface area contributed by atoms with Gasteiger partial charge in [0.1, 0.15) is 24.0 Å². The molecule has 0 aliphatic carbocycles. The van der Waals surface area contributed by atoms with Crippen molar-refractivity contribution in [3.8, 4) is 11.8 Å². The van der Waals surface area contributed by atoms with Crippen molar-refractivity contribution >= 4 is 43.8 Å². The van der Waals surface area contributed by atoms with Gasteiger partial charge in [0.15, 0.2) is 0 Å². The molecule has 32 heavy (non-hydrogen) atoms. The van der Waals surface area contributed by atoms with Gasteiger partial charge in [0.25, 0.3) is 5.91 Å². The highest BCUT2D eigenvalue weighted by atomic mass is 79.9. The molecule has 3 aromatic carbocycles. The fourth-order valence-electron chi connectivity index (χ4n) is 3.06. The van der Waals surface area contributed by atoms with Gasteiger partial charge in [0, 0.05) is 0 Å². The fourth-order valence-corrected chi connectivity index (χ4v) is 4.51. The molecule has 0 aliphatic rings. The van der Waals surface area contributed by atoms with Crippen LogP contribution in [0, 0.1) is 18.3 Å². The van der Waals surface area contributed by atoms with Crippen molar-refractivity contribution in [1.82, 2.24) is 5.32 Å². The summed E-state index contributed by atoms with van der Waals surface area (Å²) in [5.74, 6) is 0.235. The van der Waals surface area contributed by atoms with Crippen molar-refractivity contribution in [2.75, 3.05) is 0 Å². The quantitative estimate of drug-likeness (QED) is 0.256. The van der Waals surface area contributed by atoms with Crippen molar-refractivity contribution in [2.45, 2.75) is 26.5 Å². The highest BCUT2D eigenvalue weighted by Crippen LogP contribution is 2.36. The van der Waals surface area contributed by atoms with Crippen LogP contribution < -0.4 is 10.1 Å². The van der Waals surface area contributed by atoms with E-state index in [1.807, 2.05) is 86.6 Å². The van der Waals surface area contributed by atoms with Crippen molar-refractivity contribution in [3.05, 3.63) is 104 Å². The maximum Gasteiger partial charge on any atom is 0.262 e. The van der Waals surface area contributed by atoms with Gasteiger partial charge in [0.2, 0.25) is 0 Å². The second-order valence-corrected chi connectivity index (χ2v) is 9.07. The van der Waals surface area contributed by atoms with E-state index in [9.17, 15) is 10.1 Å². The third-order valence-corrected chi connectivity index (χ3v) is 6.03. The van der Waals surface area contributed by atoms with Crippen LogP contribution in [0.5, 0.6) is 5.75 Å². The van der Waals surface area contributed by atoms with Crippen molar-refractivity contribution < 1.29 is 9.53 Å². The van der Waals surface area contributed by atoms with Crippen molar-refractivity contribution in [1.29, 1.82) is 5.26 Å². The Morgan fingerprint density at radius 3 is 2.31 bits per heavy atom. The molecule has 6 heteroatoms. The van der Waals surface area contributed by atoms with Gasteiger partial charge in [-0.2, -0.15) is 5.26 Å². The van der Waals surface area contributed by atoms with Crippen LogP contribution >= 0.6 is 31.9 Å². The Kier molecular flexibility index (Phi) is 8.26. The molecule has 0 saturated carbocycles. The van der Waals surface area contributed by atoms with Gasteiger partial charge >= 0.3 is 0 Å². The maximum absolute atomic E-state index is 12.6. The van der Waals surface area contributed by atoms with Gasteiger partial charge in [-0.15, -0.1) is 0 Å². The van der Waals surface area contributed by atoms with E-state index in [0.717, 1.165) is 20.1 Å². The molecule has 3 rings (SSSR count). The number of amides is 1. The number of nitriles is 1. The smallest absolute Gasteiger partial charge is 0.262 e. The van der Waals surface area contributed by atoms with E-state index in [-0.39, 0.29) is 11.6 Å².